The molecule has 0 aromatic carbocycles. The van der Waals surface area contributed by atoms with Crippen molar-refractivity contribution in [1.82, 2.24) is 5.32 Å². The lowest BCUT2D eigenvalue weighted by Gasteiger charge is -1.99. The molecule has 102 valence electrons. The summed E-state index contributed by atoms with van der Waals surface area (Å²) in [6.07, 6.45) is 4.08. The fraction of sp³-hybridized carbons (Fsp3) is 0.429. The lowest BCUT2D eigenvalue weighted by atomic mass is 10.3. The van der Waals surface area contributed by atoms with Crippen LogP contribution in [0.3, 0.4) is 0 Å². The van der Waals surface area contributed by atoms with Crippen molar-refractivity contribution < 1.29 is 18.7 Å². The predicted molar refractivity (Wildman–Crippen MR) is 69.3 cm³/mol. The summed E-state index contributed by atoms with van der Waals surface area (Å²) in [5, 5.41) is 2.41. The third-order valence-corrected chi connectivity index (χ3v) is 3.16. The molecule has 0 saturated heterocycles. The van der Waals surface area contributed by atoms with E-state index in [4.69, 9.17) is 4.42 Å². The molecule has 1 N–H and O–H groups in total. The van der Waals surface area contributed by atoms with Crippen molar-refractivity contribution in [2.45, 2.75) is 19.3 Å². The summed E-state index contributed by atoms with van der Waals surface area (Å²) in [7, 11) is 1.27. The molecule has 1 amide bonds. The van der Waals surface area contributed by atoms with E-state index in [1.54, 1.807) is 6.08 Å². The van der Waals surface area contributed by atoms with Crippen molar-refractivity contribution in [2.24, 2.45) is 5.92 Å². The fourth-order valence-electron chi connectivity index (χ4n) is 1.82. The molecule has 0 aliphatic heterocycles. The zero-order valence-corrected chi connectivity index (χ0v) is 11.0. The Labute approximate surface area is 111 Å². The molecule has 5 nitrogen and oxygen atoms in total. The second kappa shape index (κ2) is 5.73. The molecule has 1 aliphatic carbocycles. The summed E-state index contributed by atoms with van der Waals surface area (Å²) >= 11 is 0. The third kappa shape index (κ3) is 3.71. The summed E-state index contributed by atoms with van der Waals surface area (Å²) < 4.78 is 10.0. The molecular formula is C14H17NO4. The maximum atomic E-state index is 11.4. The number of hydrogen-bond donors (Lipinski definition) is 1. The fourth-order valence-corrected chi connectivity index (χ4v) is 1.82. The number of esters is 1. The molecule has 0 radical (unpaired) electrons. The normalized spacial score (nSPS) is 21.4. The van der Waals surface area contributed by atoms with Crippen molar-refractivity contribution in [3.8, 4) is 0 Å². The van der Waals surface area contributed by atoms with E-state index in [1.165, 1.54) is 13.2 Å². The quantitative estimate of drug-likeness (QED) is 0.648. The Bertz CT molecular complexity index is 503. The van der Waals surface area contributed by atoms with Crippen molar-refractivity contribution in [1.29, 1.82) is 0 Å². The SMILES string of the molecule is COC(=O)CNC(=O)/C=C/c1ccc(C2CC2C)o1. The summed E-state index contributed by atoms with van der Waals surface area (Å²) in [5.74, 6) is 1.99. The van der Waals surface area contributed by atoms with Crippen LogP contribution in [0.5, 0.6) is 0 Å². The molecular weight excluding hydrogens is 246 g/mol. The predicted octanol–water partition coefficient (Wildman–Crippen LogP) is 1.71. The van der Waals surface area contributed by atoms with Crippen molar-refractivity contribution >= 4 is 18.0 Å². The molecule has 2 atom stereocenters. The van der Waals surface area contributed by atoms with Gasteiger partial charge in [0.25, 0.3) is 0 Å². The van der Waals surface area contributed by atoms with Gasteiger partial charge in [0.05, 0.1) is 7.11 Å². The van der Waals surface area contributed by atoms with Crippen molar-refractivity contribution in [2.75, 3.05) is 13.7 Å². The van der Waals surface area contributed by atoms with Crippen LogP contribution in [0.4, 0.5) is 0 Å². The van der Waals surface area contributed by atoms with Gasteiger partial charge in [0.1, 0.15) is 18.1 Å². The topological polar surface area (TPSA) is 68.5 Å². The lowest BCUT2D eigenvalue weighted by Crippen LogP contribution is -2.28. The maximum absolute atomic E-state index is 11.4. The highest BCUT2D eigenvalue weighted by molar-refractivity contribution is 5.93. The van der Waals surface area contributed by atoms with Crippen molar-refractivity contribution in [3.63, 3.8) is 0 Å². The van der Waals surface area contributed by atoms with Gasteiger partial charge >= 0.3 is 5.97 Å². The molecule has 2 rings (SSSR count). The van der Waals surface area contributed by atoms with E-state index in [2.05, 4.69) is 17.0 Å². The molecule has 1 aliphatic rings. The van der Waals surface area contributed by atoms with Crippen LogP contribution >= 0.6 is 0 Å². The first-order valence-corrected chi connectivity index (χ1v) is 6.22. The zero-order valence-electron chi connectivity index (χ0n) is 11.0. The Morgan fingerprint density at radius 2 is 2.26 bits per heavy atom. The number of methoxy groups -OCH3 is 1. The Morgan fingerprint density at radius 1 is 1.53 bits per heavy atom. The van der Waals surface area contributed by atoms with Gasteiger partial charge < -0.3 is 14.5 Å². The molecule has 0 spiro atoms. The zero-order chi connectivity index (χ0) is 13.8. The van der Waals surface area contributed by atoms with Gasteiger partial charge in [-0.3, -0.25) is 9.59 Å². The Balaban J connectivity index is 1.82. The number of carbonyl (C=O) groups excluding carboxylic acids is 2. The van der Waals surface area contributed by atoms with Crippen LogP contribution in [0.25, 0.3) is 6.08 Å². The molecule has 1 heterocycles. The van der Waals surface area contributed by atoms with Crippen LogP contribution in [-0.4, -0.2) is 25.5 Å². The van der Waals surface area contributed by atoms with Crippen LogP contribution < -0.4 is 5.32 Å². The summed E-state index contributed by atoms with van der Waals surface area (Å²) in [6, 6.07) is 3.78. The van der Waals surface area contributed by atoms with Gasteiger partial charge in [0.2, 0.25) is 5.91 Å². The minimum Gasteiger partial charge on any atom is -0.468 e. The Morgan fingerprint density at radius 3 is 2.89 bits per heavy atom. The first-order valence-electron chi connectivity index (χ1n) is 6.22. The third-order valence-electron chi connectivity index (χ3n) is 3.16. The highest BCUT2D eigenvalue weighted by Crippen LogP contribution is 2.47. The van der Waals surface area contributed by atoms with E-state index in [9.17, 15) is 9.59 Å². The van der Waals surface area contributed by atoms with Gasteiger partial charge in [0.15, 0.2) is 0 Å². The van der Waals surface area contributed by atoms with E-state index >= 15 is 0 Å². The minimum absolute atomic E-state index is 0.136. The molecule has 5 heteroatoms. The molecule has 1 aromatic heterocycles. The average Bonchev–Trinajstić information content (AvgIpc) is 2.95. The number of nitrogens with one attached hydrogen (secondary N) is 1. The van der Waals surface area contributed by atoms with Gasteiger partial charge in [-0.1, -0.05) is 6.92 Å². The second-order valence-electron chi connectivity index (χ2n) is 4.69. The molecule has 19 heavy (non-hydrogen) atoms. The summed E-state index contributed by atoms with van der Waals surface area (Å²) in [6.45, 7) is 2.05. The lowest BCUT2D eigenvalue weighted by molar-refractivity contribution is -0.140. The second-order valence-corrected chi connectivity index (χ2v) is 4.69. The van der Waals surface area contributed by atoms with E-state index in [0.29, 0.717) is 17.6 Å². The van der Waals surface area contributed by atoms with Crippen molar-refractivity contribution in [3.05, 3.63) is 29.7 Å². The highest BCUT2D eigenvalue weighted by Gasteiger charge is 2.36. The molecule has 1 aromatic rings. The number of rotatable bonds is 5. The minimum atomic E-state index is -0.482. The van der Waals surface area contributed by atoms with Crippen LogP contribution in [0.2, 0.25) is 0 Å². The number of ether oxygens (including phenoxy) is 1. The van der Waals surface area contributed by atoms with Gasteiger partial charge in [-0.05, 0) is 30.5 Å². The summed E-state index contributed by atoms with van der Waals surface area (Å²) in [4.78, 5) is 22.2. The molecule has 1 saturated carbocycles. The Hall–Kier alpha value is -2.04. The van der Waals surface area contributed by atoms with E-state index in [1.807, 2.05) is 12.1 Å². The van der Waals surface area contributed by atoms with E-state index < -0.39 is 5.97 Å². The molecule has 1 fully saturated rings. The number of hydrogen-bond acceptors (Lipinski definition) is 4. The maximum Gasteiger partial charge on any atom is 0.325 e. The van der Waals surface area contributed by atoms with Crippen LogP contribution in [-0.2, 0) is 14.3 Å². The van der Waals surface area contributed by atoms with Gasteiger partial charge in [-0.15, -0.1) is 0 Å². The van der Waals surface area contributed by atoms with Gasteiger partial charge in [-0.2, -0.15) is 0 Å². The highest BCUT2D eigenvalue weighted by atomic mass is 16.5. The number of furan rings is 1. The smallest absolute Gasteiger partial charge is 0.325 e. The Kier molecular flexibility index (Phi) is 4.04. The summed E-state index contributed by atoms with van der Waals surface area (Å²) in [5.41, 5.74) is 0. The average molecular weight is 263 g/mol. The van der Waals surface area contributed by atoms with Crippen LogP contribution in [0, 0.1) is 5.92 Å². The van der Waals surface area contributed by atoms with Gasteiger partial charge in [-0.25, -0.2) is 0 Å². The molecule has 0 bridgehead atoms. The van der Waals surface area contributed by atoms with Gasteiger partial charge in [0, 0.05) is 12.0 Å². The standard InChI is InChI=1S/C14H17NO4/c1-9-7-11(9)12-5-3-10(19-12)4-6-13(16)15-8-14(17)18-2/h3-6,9,11H,7-8H2,1-2H3,(H,15,16)/b6-4+. The number of carbonyl (C=O) groups is 2. The largest absolute Gasteiger partial charge is 0.468 e. The monoisotopic (exact) mass is 263 g/mol. The molecule has 2 unspecified atom stereocenters. The van der Waals surface area contributed by atoms with Crippen LogP contribution in [0.1, 0.15) is 30.8 Å². The van der Waals surface area contributed by atoms with E-state index in [0.717, 1.165) is 12.2 Å². The van der Waals surface area contributed by atoms with Crippen LogP contribution in [0.15, 0.2) is 22.6 Å². The number of amides is 1. The first kappa shape index (κ1) is 13.4. The first-order chi connectivity index (χ1) is 9.10. The van der Waals surface area contributed by atoms with E-state index in [-0.39, 0.29) is 12.5 Å².